The first-order valence-corrected chi connectivity index (χ1v) is 6.60. The summed E-state index contributed by atoms with van der Waals surface area (Å²) in [4.78, 5) is 26.3. The van der Waals surface area contributed by atoms with Gasteiger partial charge in [0.2, 0.25) is 0 Å². The maximum absolute atomic E-state index is 11.8. The predicted molar refractivity (Wildman–Crippen MR) is 79.4 cm³/mol. The minimum Gasteiger partial charge on any atom is -0.375 e. The Labute approximate surface area is 123 Å². The van der Waals surface area contributed by atoms with E-state index in [4.69, 9.17) is 5.73 Å². The molecule has 0 spiro atoms. The van der Waals surface area contributed by atoms with Gasteiger partial charge in [0.1, 0.15) is 4.88 Å². The van der Waals surface area contributed by atoms with Crippen LogP contribution >= 0.6 is 11.3 Å². The van der Waals surface area contributed by atoms with Crippen LogP contribution in [0.15, 0.2) is 29.4 Å². The number of anilines is 1. The number of nitro benzene ring substituents is 1. The van der Waals surface area contributed by atoms with E-state index in [9.17, 15) is 14.9 Å². The molecule has 0 fully saturated rings. The van der Waals surface area contributed by atoms with Gasteiger partial charge in [-0.05, 0) is 6.92 Å². The molecule has 0 bridgehead atoms. The predicted octanol–water partition coefficient (Wildman–Crippen LogP) is 1.71. The lowest BCUT2D eigenvalue weighted by molar-refractivity contribution is -0.384. The van der Waals surface area contributed by atoms with Crippen molar-refractivity contribution in [1.29, 1.82) is 0 Å². The van der Waals surface area contributed by atoms with E-state index in [-0.39, 0.29) is 5.69 Å². The van der Waals surface area contributed by atoms with Crippen molar-refractivity contribution in [2.45, 2.75) is 6.92 Å². The molecule has 0 radical (unpaired) electrons. The molecule has 1 amide bonds. The van der Waals surface area contributed by atoms with E-state index in [2.05, 4.69) is 15.5 Å². The highest BCUT2D eigenvalue weighted by Crippen LogP contribution is 2.19. The van der Waals surface area contributed by atoms with Gasteiger partial charge >= 0.3 is 0 Å². The number of nitro groups is 1. The Bertz CT molecular complexity index is 725. The van der Waals surface area contributed by atoms with Crippen LogP contribution in [0.1, 0.15) is 20.9 Å². The minimum absolute atomic E-state index is 0.0450. The second-order valence-electron chi connectivity index (χ2n) is 4.02. The molecule has 21 heavy (non-hydrogen) atoms. The molecule has 0 unspecified atom stereocenters. The van der Waals surface area contributed by atoms with E-state index >= 15 is 0 Å². The minimum atomic E-state index is -0.501. The zero-order valence-electron chi connectivity index (χ0n) is 10.9. The molecule has 108 valence electrons. The molecule has 1 aromatic heterocycles. The van der Waals surface area contributed by atoms with Crippen molar-refractivity contribution in [1.82, 2.24) is 10.4 Å². The van der Waals surface area contributed by atoms with Crippen LogP contribution in [-0.4, -0.2) is 22.0 Å². The molecule has 0 saturated heterocycles. The third-order valence-electron chi connectivity index (χ3n) is 2.48. The SMILES string of the molecule is Cc1nc(N)sc1C(=O)N/N=C\c1cccc([N+](=O)[O-])c1. The highest BCUT2D eigenvalue weighted by molar-refractivity contribution is 7.17. The number of nitrogens with two attached hydrogens (primary N) is 1. The topological polar surface area (TPSA) is 124 Å². The van der Waals surface area contributed by atoms with Crippen LogP contribution in [-0.2, 0) is 0 Å². The normalized spacial score (nSPS) is 10.7. The molecule has 8 nitrogen and oxygen atoms in total. The van der Waals surface area contributed by atoms with Crippen LogP contribution in [0.5, 0.6) is 0 Å². The van der Waals surface area contributed by atoms with Gasteiger partial charge in [-0.2, -0.15) is 5.10 Å². The highest BCUT2D eigenvalue weighted by atomic mass is 32.1. The summed E-state index contributed by atoms with van der Waals surface area (Å²) in [6, 6.07) is 5.90. The summed E-state index contributed by atoms with van der Waals surface area (Å²) >= 11 is 1.07. The van der Waals surface area contributed by atoms with E-state index in [0.717, 1.165) is 11.3 Å². The van der Waals surface area contributed by atoms with E-state index in [0.29, 0.717) is 21.3 Å². The smallest absolute Gasteiger partial charge is 0.283 e. The van der Waals surface area contributed by atoms with Crippen molar-refractivity contribution in [3.05, 3.63) is 50.5 Å². The number of thiazole rings is 1. The Morgan fingerprint density at radius 2 is 2.33 bits per heavy atom. The van der Waals surface area contributed by atoms with E-state index in [1.165, 1.54) is 24.4 Å². The number of nitrogen functional groups attached to an aromatic ring is 1. The van der Waals surface area contributed by atoms with Gasteiger partial charge in [0.25, 0.3) is 11.6 Å². The van der Waals surface area contributed by atoms with Crippen LogP contribution in [0.3, 0.4) is 0 Å². The molecule has 0 atom stereocenters. The number of hydrogen-bond acceptors (Lipinski definition) is 7. The van der Waals surface area contributed by atoms with Crippen LogP contribution in [0.4, 0.5) is 10.8 Å². The van der Waals surface area contributed by atoms with Gasteiger partial charge in [-0.15, -0.1) is 0 Å². The number of amides is 1. The number of nitrogens with one attached hydrogen (secondary N) is 1. The van der Waals surface area contributed by atoms with Crippen LogP contribution in [0.2, 0.25) is 0 Å². The lowest BCUT2D eigenvalue weighted by Crippen LogP contribution is -2.17. The van der Waals surface area contributed by atoms with Crippen molar-refractivity contribution in [3.63, 3.8) is 0 Å². The Morgan fingerprint density at radius 3 is 2.95 bits per heavy atom. The Morgan fingerprint density at radius 1 is 1.57 bits per heavy atom. The summed E-state index contributed by atoms with van der Waals surface area (Å²) in [5.41, 5.74) is 8.82. The molecule has 0 aliphatic heterocycles. The van der Waals surface area contributed by atoms with E-state index in [1.54, 1.807) is 13.0 Å². The molecule has 2 aromatic rings. The molecule has 0 saturated carbocycles. The van der Waals surface area contributed by atoms with Crippen LogP contribution < -0.4 is 11.2 Å². The lowest BCUT2D eigenvalue weighted by atomic mass is 10.2. The summed E-state index contributed by atoms with van der Waals surface area (Å²) in [7, 11) is 0. The fourth-order valence-corrected chi connectivity index (χ4v) is 2.29. The first kappa shape index (κ1) is 14.6. The van der Waals surface area contributed by atoms with Gasteiger partial charge in [0, 0.05) is 17.7 Å². The number of aryl methyl sites for hydroxylation is 1. The number of carbonyl (C=O) groups is 1. The largest absolute Gasteiger partial charge is 0.375 e. The number of hydrazone groups is 1. The van der Waals surface area contributed by atoms with Gasteiger partial charge in [0.15, 0.2) is 5.13 Å². The van der Waals surface area contributed by atoms with Crippen molar-refractivity contribution in [2.24, 2.45) is 5.10 Å². The summed E-state index contributed by atoms with van der Waals surface area (Å²) in [5.74, 6) is -0.427. The van der Waals surface area contributed by atoms with Gasteiger partial charge < -0.3 is 5.73 Å². The second kappa shape index (κ2) is 6.09. The average molecular weight is 305 g/mol. The fourth-order valence-electron chi connectivity index (χ4n) is 1.56. The number of benzene rings is 1. The molecule has 1 heterocycles. The Balaban J connectivity index is 2.05. The molecule has 0 aliphatic carbocycles. The Hall–Kier alpha value is -2.81. The number of aromatic nitrogens is 1. The van der Waals surface area contributed by atoms with Crippen molar-refractivity contribution >= 4 is 34.3 Å². The van der Waals surface area contributed by atoms with Gasteiger partial charge in [-0.3, -0.25) is 14.9 Å². The first-order valence-electron chi connectivity index (χ1n) is 5.78. The molecule has 9 heteroatoms. The first-order chi connectivity index (χ1) is 9.97. The Kier molecular flexibility index (Phi) is 4.24. The molecular weight excluding hydrogens is 294 g/mol. The maximum Gasteiger partial charge on any atom is 0.283 e. The van der Waals surface area contributed by atoms with Crippen LogP contribution in [0.25, 0.3) is 0 Å². The van der Waals surface area contributed by atoms with Gasteiger partial charge in [-0.1, -0.05) is 23.5 Å². The second-order valence-corrected chi connectivity index (χ2v) is 5.05. The summed E-state index contributed by atoms with van der Waals surface area (Å²) in [6.07, 6.45) is 1.32. The molecule has 3 N–H and O–H groups in total. The number of carbonyl (C=O) groups excluding carboxylic acids is 1. The third-order valence-corrected chi connectivity index (χ3v) is 3.47. The lowest BCUT2D eigenvalue weighted by Gasteiger charge is -1.97. The third kappa shape index (κ3) is 3.60. The molecular formula is C12H11N5O3S. The summed E-state index contributed by atoms with van der Waals surface area (Å²) in [5, 5.41) is 14.7. The molecule has 1 aromatic carbocycles. The van der Waals surface area contributed by atoms with Crippen LogP contribution in [0, 0.1) is 17.0 Å². The zero-order chi connectivity index (χ0) is 15.4. The number of hydrogen-bond donors (Lipinski definition) is 2. The molecule has 2 rings (SSSR count). The number of rotatable bonds is 4. The maximum atomic E-state index is 11.8. The quantitative estimate of drug-likeness (QED) is 0.505. The van der Waals surface area contributed by atoms with Crippen molar-refractivity contribution < 1.29 is 9.72 Å². The van der Waals surface area contributed by atoms with Gasteiger partial charge in [0.05, 0.1) is 16.8 Å². The molecule has 0 aliphatic rings. The number of non-ortho nitro benzene ring substituents is 1. The highest BCUT2D eigenvalue weighted by Gasteiger charge is 2.13. The van der Waals surface area contributed by atoms with Gasteiger partial charge in [-0.25, -0.2) is 10.4 Å². The van der Waals surface area contributed by atoms with Crippen molar-refractivity contribution in [3.8, 4) is 0 Å². The summed E-state index contributed by atoms with van der Waals surface area (Å²) < 4.78 is 0. The average Bonchev–Trinajstić information content (AvgIpc) is 2.78. The monoisotopic (exact) mass is 305 g/mol. The summed E-state index contributed by atoms with van der Waals surface area (Å²) in [6.45, 7) is 1.67. The fraction of sp³-hybridized carbons (Fsp3) is 0.0833. The van der Waals surface area contributed by atoms with E-state index in [1.807, 2.05) is 0 Å². The van der Waals surface area contributed by atoms with E-state index < -0.39 is 10.8 Å². The van der Waals surface area contributed by atoms with Crippen molar-refractivity contribution in [2.75, 3.05) is 5.73 Å². The number of nitrogens with zero attached hydrogens (tertiary/aromatic N) is 3. The standard InChI is InChI=1S/C12H11N5O3S/c1-7-10(21-12(13)15-7)11(18)16-14-6-8-3-2-4-9(5-8)17(19)20/h2-6H,1H3,(H2,13,15)(H,16,18)/b14-6-. The zero-order valence-corrected chi connectivity index (χ0v) is 11.8.